The van der Waals surface area contributed by atoms with Gasteiger partial charge >= 0.3 is 0 Å². The van der Waals surface area contributed by atoms with Crippen LogP contribution in [0.5, 0.6) is 0 Å². The van der Waals surface area contributed by atoms with Gasteiger partial charge in [0.15, 0.2) is 0 Å². The Morgan fingerprint density at radius 3 is 3.00 bits per heavy atom. The Morgan fingerprint density at radius 1 is 1.22 bits per heavy atom. The zero-order valence-electron chi connectivity index (χ0n) is 4.89. The Labute approximate surface area is 54.7 Å². The fourth-order valence-corrected chi connectivity index (χ4v) is 0.928. The third-order valence-electron chi connectivity index (χ3n) is 1.40. The van der Waals surface area contributed by atoms with Gasteiger partial charge in [-0.25, -0.2) is 0 Å². The van der Waals surface area contributed by atoms with Gasteiger partial charge in [0, 0.05) is 12.1 Å². The van der Waals surface area contributed by atoms with Gasteiger partial charge in [0.25, 0.3) is 0 Å². The number of hydrogen-bond donors (Lipinski definition) is 1. The fourth-order valence-electron chi connectivity index (χ4n) is 0.928. The van der Waals surface area contributed by atoms with E-state index in [1.54, 1.807) is 0 Å². The molecule has 1 nitrogen and oxygen atoms in total. The molecule has 0 unspecified atom stereocenters. The molecule has 0 amide bonds. The molecule has 43 valence electrons. The van der Waals surface area contributed by atoms with E-state index in [4.69, 9.17) is 0 Å². The van der Waals surface area contributed by atoms with E-state index >= 15 is 0 Å². The fraction of sp³-hybridized carbons (Fsp3) is 0. The molecular weight excluding hydrogens is 110 g/mol. The summed E-state index contributed by atoms with van der Waals surface area (Å²) in [6, 6.07) is 8.12. The van der Waals surface area contributed by atoms with Crippen LogP contribution in [-0.4, -0.2) is 0 Å². The maximum absolute atomic E-state index is 2.99. The lowest BCUT2D eigenvalue weighted by atomic mass is 10.2. The minimum Gasteiger partial charge on any atom is -0.374 e. The van der Waals surface area contributed by atoms with Crippen LogP contribution in [0.25, 0.3) is 0 Å². The van der Waals surface area contributed by atoms with Crippen LogP contribution in [-0.2, 0) is 0 Å². The van der Waals surface area contributed by atoms with Gasteiger partial charge in [0.05, 0.1) is 6.54 Å². The molecule has 9 heavy (non-hydrogen) atoms. The van der Waals surface area contributed by atoms with Crippen LogP contribution in [0, 0.1) is 13.0 Å². The molecule has 0 aromatic heterocycles. The predicted octanol–water partition coefficient (Wildman–Crippen LogP) is 1.70. The summed E-state index contributed by atoms with van der Waals surface area (Å²) < 4.78 is 0. The van der Waals surface area contributed by atoms with Crippen LogP contribution in [0.2, 0.25) is 0 Å². The molecule has 0 saturated heterocycles. The van der Waals surface area contributed by atoms with E-state index in [0.29, 0.717) is 0 Å². The molecule has 0 aliphatic carbocycles. The average molecular weight is 116 g/mol. The molecule has 0 bridgehead atoms. The van der Waals surface area contributed by atoms with Crippen LogP contribution in [0.3, 0.4) is 0 Å². The van der Waals surface area contributed by atoms with Crippen LogP contribution in [0.4, 0.5) is 5.69 Å². The lowest BCUT2D eigenvalue weighted by Crippen LogP contribution is -1.81. The highest BCUT2D eigenvalue weighted by molar-refractivity contribution is 5.62. The zero-order chi connectivity index (χ0) is 6.10. The molecule has 0 spiro atoms. The summed E-state index contributed by atoms with van der Waals surface area (Å²) in [5, 5.41) is 2.99. The van der Waals surface area contributed by atoms with Gasteiger partial charge in [0.1, 0.15) is 0 Å². The summed E-state index contributed by atoms with van der Waals surface area (Å²) in [6.45, 7) is 2.91. The van der Waals surface area contributed by atoms with Crippen molar-refractivity contribution < 1.29 is 0 Å². The Bertz CT molecular complexity index is 195. The van der Waals surface area contributed by atoms with Crippen molar-refractivity contribution in [1.29, 1.82) is 0 Å². The highest BCUT2D eigenvalue weighted by Gasteiger charge is 2.07. The lowest BCUT2D eigenvalue weighted by molar-refractivity contribution is 1.55. The normalized spacial score (nSPS) is 14.7. The highest BCUT2D eigenvalue weighted by Crippen LogP contribution is 2.23. The van der Waals surface area contributed by atoms with Gasteiger partial charge in [-0.3, -0.25) is 0 Å². The molecule has 1 heteroatoms. The number of anilines is 1. The van der Waals surface area contributed by atoms with Crippen molar-refractivity contribution in [3.05, 3.63) is 42.8 Å². The van der Waals surface area contributed by atoms with E-state index < -0.39 is 0 Å². The molecule has 1 N–H and O–H groups in total. The van der Waals surface area contributed by atoms with Gasteiger partial charge in [-0.15, -0.1) is 0 Å². The van der Waals surface area contributed by atoms with Crippen LogP contribution in [0.15, 0.2) is 24.3 Å². The second-order valence-electron chi connectivity index (χ2n) is 2.00. The standard InChI is InChI=1S/C8H6N/c1-2-4-8-7(3-1)5-6-9-8/h1-5,9H. The van der Waals surface area contributed by atoms with Gasteiger partial charge in [-0.1, -0.05) is 18.2 Å². The van der Waals surface area contributed by atoms with Gasteiger partial charge < -0.3 is 5.32 Å². The molecule has 3 radical (unpaired) electrons. The summed E-state index contributed by atoms with van der Waals surface area (Å²) in [5.41, 5.74) is 2.37. The highest BCUT2D eigenvalue weighted by atomic mass is 14.9. The Balaban J connectivity index is 2.54. The van der Waals surface area contributed by atoms with Crippen molar-refractivity contribution in [2.75, 3.05) is 5.32 Å². The van der Waals surface area contributed by atoms with E-state index in [9.17, 15) is 0 Å². The summed E-state index contributed by atoms with van der Waals surface area (Å²) in [7, 11) is 0. The van der Waals surface area contributed by atoms with Gasteiger partial charge in [-0.2, -0.15) is 0 Å². The molecule has 0 fully saturated rings. The molecule has 1 aromatic rings. The first-order chi connectivity index (χ1) is 4.47. The van der Waals surface area contributed by atoms with Crippen molar-refractivity contribution >= 4 is 5.69 Å². The number of hydrogen-bond acceptors (Lipinski definition) is 1. The third-order valence-corrected chi connectivity index (χ3v) is 1.40. The van der Waals surface area contributed by atoms with Crippen molar-refractivity contribution in [2.45, 2.75) is 0 Å². The number of fused-ring (bicyclic) bond motifs is 1. The van der Waals surface area contributed by atoms with Crippen LogP contribution in [0.1, 0.15) is 5.56 Å². The number of nitrogens with one attached hydrogen (secondary N) is 1. The van der Waals surface area contributed by atoms with Crippen LogP contribution < -0.4 is 5.32 Å². The minimum absolute atomic E-state index is 1.15. The lowest BCUT2D eigenvalue weighted by Gasteiger charge is -1.93. The Kier molecular flexibility index (Phi) is 0.950. The topological polar surface area (TPSA) is 12.0 Å². The summed E-state index contributed by atoms with van der Waals surface area (Å²) in [6.07, 6.45) is 1.94. The first kappa shape index (κ1) is 4.86. The average Bonchev–Trinajstić information content (AvgIpc) is 2.33. The largest absolute Gasteiger partial charge is 0.374 e. The Hall–Kier alpha value is -0.980. The van der Waals surface area contributed by atoms with E-state index in [2.05, 4.69) is 17.9 Å². The quantitative estimate of drug-likeness (QED) is 0.544. The number of rotatable bonds is 0. The van der Waals surface area contributed by atoms with Crippen molar-refractivity contribution in [1.82, 2.24) is 0 Å². The number of para-hydroxylation sites is 1. The second kappa shape index (κ2) is 1.76. The SMILES string of the molecule is [C]1[CH]c2ccccc2N1. The monoisotopic (exact) mass is 116 g/mol. The third kappa shape index (κ3) is 0.689. The first-order valence-corrected chi connectivity index (χ1v) is 2.90. The van der Waals surface area contributed by atoms with E-state index in [1.807, 2.05) is 24.6 Å². The maximum atomic E-state index is 2.99. The molecule has 0 atom stereocenters. The Morgan fingerprint density at radius 2 is 2.11 bits per heavy atom. The van der Waals surface area contributed by atoms with Crippen molar-refractivity contribution in [3.63, 3.8) is 0 Å². The molecule has 0 saturated carbocycles. The van der Waals surface area contributed by atoms with E-state index in [-0.39, 0.29) is 0 Å². The predicted molar refractivity (Wildman–Crippen MR) is 36.7 cm³/mol. The summed E-state index contributed by atoms with van der Waals surface area (Å²) in [5.74, 6) is 0. The zero-order valence-corrected chi connectivity index (χ0v) is 4.89. The van der Waals surface area contributed by atoms with Crippen molar-refractivity contribution in [3.8, 4) is 0 Å². The molecule has 1 heterocycles. The molecule has 1 aliphatic heterocycles. The molecule has 2 rings (SSSR count). The minimum atomic E-state index is 1.15. The second-order valence-corrected chi connectivity index (χ2v) is 2.00. The van der Waals surface area contributed by atoms with Crippen LogP contribution >= 0.6 is 0 Å². The van der Waals surface area contributed by atoms with Gasteiger partial charge in [-0.05, 0) is 11.6 Å². The molecule has 1 aromatic carbocycles. The molecule has 1 aliphatic rings. The smallest absolute Gasteiger partial charge is 0.0970 e. The summed E-state index contributed by atoms with van der Waals surface area (Å²) >= 11 is 0. The number of benzene rings is 1. The summed E-state index contributed by atoms with van der Waals surface area (Å²) in [4.78, 5) is 0. The van der Waals surface area contributed by atoms with E-state index in [1.165, 1.54) is 5.56 Å². The maximum Gasteiger partial charge on any atom is 0.0970 e. The van der Waals surface area contributed by atoms with Crippen molar-refractivity contribution in [2.24, 2.45) is 0 Å². The van der Waals surface area contributed by atoms with E-state index in [0.717, 1.165) is 5.69 Å². The molecular formula is C8H6N. The van der Waals surface area contributed by atoms with Gasteiger partial charge in [0.2, 0.25) is 0 Å². The first-order valence-electron chi connectivity index (χ1n) is 2.90.